The zero-order valence-electron chi connectivity index (χ0n) is 22.1. The summed E-state index contributed by atoms with van der Waals surface area (Å²) in [6.45, 7) is 7.17. The van der Waals surface area contributed by atoms with Gasteiger partial charge >= 0.3 is 0 Å². The number of thiocarbonyl (C=S) groups is 1. The average molecular weight is 525 g/mol. The van der Waals surface area contributed by atoms with Crippen LogP contribution in [0.2, 0.25) is 0 Å². The lowest BCUT2D eigenvalue weighted by Crippen LogP contribution is -2.43. The number of nitrogens with zero attached hydrogens (tertiary/aromatic N) is 4. The van der Waals surface area contributed by atoms with Gasteiger partial charge in [0.05, 0.1) is 0 Å². The van der Waals surface area contributed by atoms with E-state index in [1.807, 2.05) is 12.1 Å². The molecule has 1 saturated carbocycles. The van der Waals surface area contributed by atoms with Crippen molar-refractivity contribution in [3.8, 4) is 0 Å². The smallest absolute Gasteiger partial charge is 0.232 e. The van der Waals surface area contributed by atoms with Crippen molar-refractivity contribution in [2.45, 2.75) is 76.5 Å². The zero-order valence-corrected chi connectivity index (χ0v) is 23.0. The van der Waals surface area contributed by atoms with Gasteiger partial charge in [0.25, 0.3) is 0 Å². The molecule has 3 heterocycles. The summed E-state index contributed by atoms with van der Waals surface area (Å²) in [4.78, 5) is 14.6. The van der Waals surface area contributed by atoms with Crippen molar-refractivity contribution in [3.63, 3.8) is 0 Å². The Hall–Kier alpha value is -2.48. The van der Waals surface area contributed by atoms with E-state index in [4.69, 9.17) is 22.2 Å². The summed E-state index contributed by atoms with van der Waals surface area (Å²) in [5.41, 5.74) is 1.15. The fraction of sp³-hybridized carbons (Fsp3) is 0.621. The lowest BCUT2D eigenvalue weighted by atomic mass is 9.69. The largest absolute Gasteiger partial charge is 0.361 e. The first-order valence-corrected chi connectivity index (χ1v) is 14.6. The molecule has 0 radical (unpaired) electrons. The molecule has 1 atom stereocenters. The maximum absolute atomic E-state index is 13.6. The van der Waals surface area contributed by atoms with Crippen LogP contribution in [0.1, 0.15) is 76.7 Å². The van der Waals surface area contributed by atoms with Crippen molar-refractivity contribution in [2.24, 2.45) is 5.92 Å². The van der Waals surface area contributed by atoms with Crippen LogP contribution in [-0.2, 0) is 5.41 Å². The highest BCUT2D eigenvalue weighted by Crippen LogP contribution is 2.39. The van der Waals surface area contributed by atoms with Crippen LogP contribution in [0, 0.1) is 11.7 Å². The number of benzene rings is 1. The molecule has 1 aromatic carbocycles. The van der Waals surface area contributed by atoms with E-state index in [0.717, 1.165) is 50.7 Å². The minimum Gasteiger partial charge on any atom is -0.361 e. The van der Waals surface area contributed by atoms with Crippen molar-refractivity contribution in [3.05, 3.63) is 41.7 Å². The van der Waals surface area contributed by atoms with Crippen molar-refractivity contribution in [1.82, 2.24) is 15.3 Å². The van der Waals surface area contributed by atoms with Crippen LogP contribution < -0.4 is 20.4 Å². The molecule has 3 fully saturated rings. The first-order chi connectivity index (χ1) is 18.0. The van der Waals surface area contributed by atoms with Crippen molar-refractivity contribution >= 4 is 34.9 Å². The Labute approximate surface area is 226 Å². The molecule has 8 heteroatoms. The minimum absolute atomic E-state index is 0.0384. The normalized spacial score (nSPS) is 21.9. The van der Waals surface area contributed by atoms with E-state index in [-0.39, 0.29) is 11.2 Å². The van der Waals surface area contributed by atoms with Crippen LogP contribution in [0.3, 0.4) is 0 Å². The summed E-state index contributed by atoms with van der Waals surface area (Å²) in [6, 6.07) is 9.19. The lowest BCUT2D eigenvalue weighted by Gasteiger charge is -2.38. The highest BCUT2D eigenvalue weighted by atomic mass is 32.1. The van der Waals surface area contributed by atoms with Gasteiger partial charge in [-0.3, -0.25) is 0 Å². The van der Waals surface area contributed by atoms with Gasteiger partial charge < -0.3 is 20.4 Å². The van der Waals surface area contributed by atoms with Crippen LogP contribution in [0.5, 0.6) is 0 Å². The molecule has 3 aliphatic rings. The number of aromatic nitrogens is 2. The van der Waals surface area contributed by atoms with Gasteiger partial charge in [0, 0.05) is 44.2 Å². The molecule has 0 amide bonds. The Kier molecular flexibility index (Phi) is 8.43. The van der Waals surface area contributed by atoms with E-state index in [1.165, 1.54) is 56.9 Å². The number of nitrogens with one attached hydrogen (secondary N) is 2. The third kappa shape index (κ3) is 6.51. The van der Waals surface area contributed by atoms with E-state index in [1.54, 1.807) is 12.1 Å². The Balaban J connectivity index is 1.32. The van der Waals surface area contributed by atoms with Crippen LogP contribution in [0.15, 0.2) is 30.3 Å². The van der Waals surface area contributed by atoms with Gasteiger partial charge in [0.15, 0.2) is 5.11 Å². The topological polar surface area (TPSA) is 56.3 Å². The summed E-state index contributed by atoms with van der Waals surface area (Å²) < 4.78 is 13.6. The van der Waals surface area contributed by atoms with Crippen molar-refractivity contribution < 1.29 is 4.39 Å². The summed E-state index contributed by atoms with van der Waals surface area (Å²) in [6.07, 6.45) is 11.9. The molecule has 2 N–H and O–H groups in total. The van der Waals surface area contributed by atoms with E-state index in [0.29, 0.717) is 23.5 Å². The highest BCUT2D eigenvalue weighted by Gasteiger charge is 2.34. The Morgan fingerprint density at radius 2 is 1.59 bits per heavy atom. The van der Waals surface area contributed by atoms with Gasteiger partial charge in [-0.2, -0.15) is 9.97 Å². The Morgan fingerprint density at radius 1 is 0.946 bits per heavy atom. The summed E-state index contributed by atoms with van der Waals surface area (Å²) >= 11 is 5.75. The standard InChI is InChI=1S/C29H41FN6S/c1-22-9-8-18-36(20-22)26-19-25(35-16-6-3-7-17-35)32-27(33-26)34-28(37)31-21-29(14-4-2-5-15-29)23-10-12-24(30)13-11-23/h10-13,19,22H,2-9,14-18,20-21H2,1H3,(H2,31,32,33,34,37)/t22-/m1/s1. The van der Waals surface area contributed by atoms with E-state index in [9.17, 15) is 4.39 Å². The Bertz CT molecular complexity index is 1050. The quantitative estimate of drug-likeness (QED) is 0.448. The predicted molar refractivity (Wildman–Crippen MR) is 154 cm³/mol. The number of halogens is 1. The van der Waals surface area contributed by atoms with E-state index in [2.05, 4.69) is 33.4 Å². The van der Waals surface area contributed by atoms with Crippen molar-refractivity contribution in [1.29, 1.82) is 0 Å². The predicted octanol–water partition coefficient (Wildman–Crippen LogP) is 6.03. The van der Waals surface area contributed by atoms with Crippen LogP contribution >= 0.6 is 12.2 Å². The second-order valence-electron chi connectivity index (χ2n) is 11.3. The molecule has 2 aliphatic heterocycles. The van der Waals surface area contributed by atoms with Crippen molar-refractivity contribution in [2.75, 3.05) is 47.8 Å². The van der Waals surface area contributed by atoms with Gasteiger partial charge in [0.2, 0.25) is 5.95 Å². The van der Waals surface area contributed by atoms with Crippen LogP contribution in [-0.4, -0.2) is 47.8 Å². The molecule has 0 spiro atoms. The SMILES string of the molecule is C[C@@H]1CCCN(c2cc(N3CCCCC3)nc(NC(=S)NCC3(c4ccc(F)cc4)CCCCC3)n2)C1. The van der Waals surface area contributed by atoms with Crippen LogP contribution in [0.25, 0.3) is 0 Å². The van der Waals surface area contributed by atoms with Gasteiger partial charge in [-0.15, -0.1) is 0 Å². The summed E-state index contributed by atoms with van der Waals surface area (Å²) in [7, 11) is 0. The average Bonchev–Trinajstić information content (AvgIpc) is 2.93. The maximum atomic E-state index is 13.6. The molecular weight excluding hydrogens is 483 g/mol. The fourth-order valence-electron chi connectivity index (χ4n) is 6.32. The highest BCUT2D eigenvalue weighted by molar-refractivity contribution is 7.80. The van der Waals surface area contributed by atoms with Gasteiger partial charge in [-0.05, 0) is 80.8 Å². The third-order valence-corrected chi connectivity index (χ3v) is 8.69. The van der Waals surface area contributed by atoms with Gasteiger partial charge in [0.1, 0.15) is 17.5 Å². The molecule has 2 saturated heterocycles. The zero-order chi connectivity index (χ0) is 25.7. The molecule has 200 valence electrons. The van der Waals surface area contributed by atoms with Gasteiger partial charge in [-0.25, -0.2) is 4.39 Å². The second kappa shape index (κ2) is 11.9. The second-order valence-corrected chi connectivity index (χ2v) is 11.7. The summed E-state index contributed by atoms with van der Waals surface area (Å²) in [5, 5.41) is 7.34. The number of rotatable bonds is 6. The monoisotopic (exact) mass is 524 g/mol. The molecular formula is C29H41FN6S. The molecule has 6 nitrogen and oxygen atoms in total. The molecule has 0 unspecified atom stereocenters. The number of anilines is 3. The molecule has 1 aliphatic carbocycles. The summed E-state index contributed by atoms with van der Waals surface area (Å²) in [5.74, 6) is 3.02. The molecule has 1 aromatic heterocycles. The maximum Gasteiger partial charge on any atom is 0.232 e. The van der Waals surface area contributed by atoms with Crippen LogP contribution in [0.4, 0.5) is 22.0 Å². The van der Waals surface area contributed by atoms with E-state index >= 15 is 0 Å². The molecule has 0 bridgehead atoms. The lowest BCUT2D eigenvalue weighted by molar-refractivity contribution is 0.292. The number of hydrogen-bond acceptors (Lipinski definition) is 5. The van der Waals surface area contributed by atoms with E-state index < -0.39 is 0 Å². The molecule has 37 heavy (non-hydrogen) atoms. The van der Waals surface area contributed by atoms with Gasteiger partial charge in [-0.1, -0.05) is 38.3 Å². The molecule has 5 rings (SSSR count). The Morgan fingerprint density at radius 3 is 2.30 bits per heavy atom. The number of hydrogen-bond donors (Lipinski definition) is 2. The third-order valence-electron chi connectivity index (χ3n) is 8.44. The first-order valence-electron chi connectivity index (χ1n) is 14.2. The fourth-order valence-corrected chi connectivity index (χ4v) is 6.48. The number of piperidine rings is 2. The first kappa shape index (κ1) is 26.1. The molecule has 2 aromatic rings. The minimum atomic E-state index is -0.190.